The summed E-state index contributed by atoms with van der Waals surface area (Å²) in [6.07, 6.45) is 1.51. The smallest absolute Gasteiger partial charge is 0.337 e. The summed E-state index contributed by atoms with van der Waals surface area (Å²) in [5, 5.41) is 10.1. The fourth-order valence-electron chi connectivity index (χ4n) is 3.37. The summed E-state index contributed by atoms with van der Waals surface area (Å²) < 4.78 is 16.6. The van der Waals surface area contributed by atoms with Crippen molar-refractivity contribution >= 4 is 24.2 Å². The van der Waals surface area contributed by atoms with Gasteiger partial charge in [0.1, 0.15) is 12.4 Å². The van der Waals surface area contributed by atoms with Gasteiger partial charge in [0.25, 0.3) is 0 Å². The topological polar surface area (TPSA) is 116 Å². The van der Waals surface area contributed by atoms with Crippen LogP contribution in [0.15, 0.2) is 35.5 Å². The molecule has 0 saturated carbocycles. The lowest BCUT2D eigenvalue weighted by atomic mass is 9.83. The molecule has 1 fully saturated rings. The maximum Gasteiger partial charge on any atom is 0.337 e. The van der Waals surface area contributed by atoms with Gasteiger partial charge in [-0.1, -0.05) is 32.1 Å². The predicted octanol–water partition coefficient (Wildman–Crippen LogP) is 2.20. The maximum absolute atomic E-state index is 12.6. The minimum absolute atomic E-state index is 0.0269. The quantitative estimate of drug-likeness (QED) is 0.230. The molecule has 1 saturated heterocycles. The molecule has 31 heavy (non-hydrogen) atoms. The van der Waals surface area contributed by atoms with Crippen molar-refractivity contribution in [3.05, 3.63) is 35.5 Å². The molecule has 1 heterocycles. The number of aliphatic hydroxyl groups is 1. The van der Waals surface area contributed by atoms with Crippen molar-refractivity contribution in [1.82, 2.24) is 0 Å². The summed E-state index contributed by atoms with van der Waals surface area (Å²) in [5.74, 6) is -3.72. The van der Waals surface area contributed by atoms with Crippen LogP contribution < -0.4 is 0 Å². The molecule has 0 amide bonds. The van der Waals surface area contributed by atoms with Crippen LogP contribution in [-0.2, 0) is 33.4 Å². The van der Waals surface area contributed by atoms with Crippen molar-refractivity contribution in [1.29, 1.82) is 0 Å². The second-order valence-electron chi connectivity index (χ2n) is 8.74. The lowest BCUT2D eigenvalue weighted by Gasteiger charge is -2.34. The van der Waals surface area contributed by atoms with Crippen molar-refractivity contribution < 1.29 is 38.5 Å². The van der Waals surface area contributed by atoms with Gasteiger partial charge in [0, 0.05) is 11.1 Å². The predicted molar refractivity (Wildman–Crippen MR) is 111 cm³/mol. The van der Waals surface area contributed by atoms with Crippen LogP contribution in [0.1, 0.15) is 47.5 Å². The number of hydrogen-bond donors (Lipinski definition) is 1. The molecule has 170 valence electrons. The van der Waals surface area contributed by atoms with Crippen LogP contribution in [0.3, 0.4) is 0 Å². The Bertz CT molecular complexity index is 827. The van der Waals surface area contributed by atoms with Gasteiger partial charge >= 0.3 is 17.9 Å². The summed E-state index contributed by atoms with van der Waals surface area (Å²) in [6, 6.07) is 0. The van der Waals surface area contributed by atoms with Gasteiger partial charge in [0.05, 0.1) is 11.8 Å². The van der Waals surface area contributed by atoms with Gasteiger partial charge in [-0.05, 0) is 39.7 Å². The zero-order valence-corrected chi connectivity index (χ0v) is 18.5. The Kier molecular flexibility index (Phi) is 7.59. The van der Waals surface area contributed by atoms with E-state index in [0.29, 0.717) is 19.1 Å². The normalized spacial score (nSPS) is 28.6. The van der Waals surface area contributed by atoms with Crippen molar-refractivity contribution in [2.75, 3.05) is 0 Å². The first-order valence-corrected chi connectivity index (χ1v) is 10.2. The highest BCUT2D eigenvalue weighted by Gasteiger charge is 2.50. The molecular formula is C23H30O8. The average molecular weight is 434 g/mol. The van der Waals surface area contributed by atoms with E-state index < -0.39 is 53.7 Å². The van der Waals surface area contributed by atoms with Gasteiger partial charge in [0.2, 0.25) is 0 Å². The lowest BCUT2D eigenvalue weighted by Crippen LogP contribution is -2.48. The second kappa shape index (κ2) is 9.60. The molecule has 4 unspecified atom stereocenters. The summed E-state index contributed by atoms with van der Waals surface area (Å²) in [7, 11) is 0. The van der Waals surface area contributed by atoms with Crippen molar-refractivity contribution in [3.8, 4) is 0 Å². The van der Waals surface area contributed by atoms with Crippen molar-refractivity contribution in [2.45, 2.75) is 71.4 Å². The van der Waals surface area contributed by atoms with Gasteiger partial charge in [-0.2, -0.15) is 0 Å². The van der Waals surface area contributed by atoms with Crippen LogP contribution in [0.5, 0.6) is 0 Å². The Hall–Kier alpha value is -2.74. The molecule has 4 atom stereocenters. The number of ether oxygens (including phenoxy) is 3. The molecule has 8 heteroatoms. The molecule has 1 aliphatic carbocycles. The van der Waals surface area contributed by atoms with Crippen molar-refractivity contribution in [3.63, 3.8) is 0 Å². The molecule has 1 aliphatic heterocycles. The number of rotatable bonds is 5. The van der Waals surface area contributed by atoms with Crippen LogP contribution in [0, 0.1) is 11.8 Å². The standard InChI is InChI=1S/C23H30O8/c1-12(2)20(25)30-18-15(11-24)9-7-8-13(3)10-16-17(14(4)21(26)29-16)19(18)31-22(27)23(5,6)28/h9-12,16-19,28H,4,7-8H2,1-3,5-6H3/b13-10+,15-9?. The summed E-state index contributed by atoms with van der Waals surface area (Å²) in [5.41, 5.74) is -0.828. The first-order valence-electron chi connectivity index (χ1n) is 10.2. The maximum atomic E-state index is 12.6. The van der Waals surface area contributed by atoms with Gasteiger partial charge < -0.3 is 19.3 Å². The molecule has 0 radical (unpaired) electrons. The molecular weight excluding hydrogens is 404 g/mol. The van der Waals surface area contributed by atoms with E-state index in [4.69, 9.17) is 14.2 Å². The van der Waals surface area contributed by atoms with Gasteiger partial charge in [-0.25, -0.2) is 9.59 Å². The minimum Gasteiger partial charge on any atom is -0.455 e. The molecule has 0 aromatic heterocycles. The fraction of sp³-hybridized carbons (Fsp3) is 0.565. The number of allylic oxidation sites excluding steroid dienone is 2. The van der Waals surface area contributed by atoms with Gasteiger partial charge in [0.15, 0.2) is 17.8 Å². The van der Waals surface area contributed by atoms with E-state index in [-0.39, 0.29) is 11.1 Å². The third-order valence-electron chi connectivity index (χ3n) is 5.20. The van der Waals surface area contributed by atoms with E-state index in [2.05, 4.69) is 6.58 Å². The molecule has 0 aromatic carbocycles. The number of fused-ring (bicyclic) bond motifs is 1. The third-order valence-corrected chi connectivity index (χ3v) is 5.20. The monoisotopic (exact) mass is 434 g/mol. The summed E-state index contributed by atoms with van der Waals surface area (Å²) >= 11 is 0. The number of aldehydes is 1. The van der Waals surface area contributed by atoms with E-state index in [1.165, 1.54) is 13.8 Å². The van der Waals surface area contributed by atoms with Crippen LogP contribution in [0.25, 0.3) is 0 Å². The van der Waals surface area contributed by atoms with E-state index >= 15 is 0 Å². The molecule has 8 nitrogen and oxygen atoms in total. The molecule has 2 aliphatic rings. The zero-order chi connectivity index (χ0) is 23.5. The Labute approximate surface area is 181 Å². The van der Waals surface area contributed by atoms with E-state index in [9.17, 15) is 24.3 Å². The highest BCUT2D eigenvalue weighted by Crippen LogP contribution is 2.37. The Morgan fingerprint density at radius 3 is 2.52 bits per heavy atom. The molecule has 0 spiro atoms. The summed E-state index contributed by atoms with van der Waals surface area (Å²) in [4.78, 5) is 49.3. The fourth-order valence-corrected chi connectivity index (χ4v) is 3.37. The van der Waals surface area contributed by atoms with E-state index in [1.54, 1.807) is 26.0 Å². The van der Waals surface area contributed by atoms with Crippen molar-refractivity contribution in [2.24, 2.45) is 11.8 Å². The Balaban J connectivity index is 2.66. The van der Waals surface area contributed by atoms with E-state index in [0.717, 1.165) is 5.57 Å². The largest absolute Gasteiger partial charge is 0.455 e. The van der Waals surface area contributed by atoms with Crippen LogP contribution >= 0.6 is 0 Å². The number of hydrogen-bond acceptors (Lipinski definition) is 8. The average Bonchev–Trinajstić information content (AvgIpc) is 2.93. The van der Waals surface area contributed by atoms with Crippen LogP contribution in [0.2, 0.25) is 0 Å². The molecule has 1 N–H and O–H groups in total. The molecule has 2 rings (SSSR count). The second-order valence-corrected chi connectivity index (χ2v) is 8.74. The third kappa shape index (κ3) is 5.70. The highest BCUT2D eigenvalue weighted by molar-refractivity contribution is 5.91. The van der Waals surface area contributed by atoms with Crippen LogP contribution in [-0.4, -0.2) is 53.2 Å². The molecule has 0 bridgehead atoms. The van der Waals surface area contributed by atoms with Gasteiger partial charge in [-0.15, -0.1) is 0 Å². The Morgan fingerprint density at radius 1 is 1.32 bits per heavy atom. The van der Waals surface area contributed by atoms with E-state index in [1.807, 2.05) is 6.92 Å². The lowest BCUT2D eigenvalue weighted by molar-refractivity contribution is -0.183. The minimum atomic E-state index is -1.86. The number of carbonyl (C=O) groups excluding carboxylic acids is 4. The zero-order valence-electron chi connectivity index (χ0n) is 18.5. The Morgan fingerprint density at radius 2 is 1.97 bits per heavy atom. The number of carbonyl (C=O) groups is 4. The SMILES string of the molecule is C=C1C(=O)OC2/C=C(\C)CCC=C(C=O)C(OC(=O)C(C)C)C(OC(=O)C(C)(C)O)C12. The first-order chi connectivity index (χ1) is 14.4. The number of esters is 3. The highest BCUT2D eigenvalue weighted by atomic mass is 16.6. The van der Waals surface area contributed by atoms with Gasteiger partial charge in [-0.3, -0.25) is 9.59 Å². The first kappa shape index (κ1) is 24.5. The summed E-state index contributed by atoms with van der Waals surface area (Å²) in [6.45, 7) is 11.4. The molecule has 0 aromatic rings. The van der Waals surface area contributed by atoms with Crippen LogP contribution in [0.4, 0.5) is 0 Å².